The predicted molar refractivity (Wildman–Crippen MR) is 114 cm³/mol. The molecule has 0 bridgehead atoms. The van der Waals surface area contributed by atoms with E-state index in [-0.39, 0.29) is 6.29 Å². The Bertz CT molecular complexity index is 535. The molecule has 2 radical (unpaired) electrons. The molecule has 3 heterocycles. The highest BCUT2D eigenvalue weighted by Crippen LogP contribution is 2.42. The summed E-state index contributed by atoms with van der Waals surface area (Å²) in [4.78, 5) is 2.43. The summed E-state index contributed by atoms with van der Waals surface area (Å²) in [7, 11) is 10.2. The van der Waals surface area contributed by atoms with E-state index in [1.165, 1.54) is 38.6 Å². The maximum atomic E-state index is 6.26. The van der Waals surface area contributed by atoms with Gasteiger partial charge in [0.2, 0.25) is 0 Å². The molecule has 156 valence electrons. The molecule has 7 heteroatoms. The lowest BCUT2D eigenvalue weighted by Crippen LogP contribution is -2.68. The smallest absolute Gasteiger partial charge is 0.113 e. The van der Waals surface area contributed by atoms with Crippen molar-refractivity contribution in [1.82, 2.24) is 26.2 Å². The van der Waals surface area contributed by atoms with Crippen LogP contribution >= 0.6 is 0 Å². The number of fused-ring (bicyclic) bond motifs is 1. The molecule has 0 aromatic rings. The molecule has 7 atom stereocenters. The highest BCUT2D eigenvalue weighted by molar-refractivity contribution is 6.08. The van der Waals surface area contributed by atoms with Gasteiger partial charge in [-0.15, -0.1) is 0 Å². The lowest BCUT2D eigenvalue weighted by atomic mass is 9.72. The number of nitrogens with zero attached hydrogens (tertiary/aromatic N) is 1. The summed E-state index contributed by atoms with van der Waals surface area (Å²) < 4.78 is 6.26. The number of ether oxygens (including phenoxy) is 1. The predicted octanol–water partition coefficient (Wildman–Crippen LogP) is 0.779. The van der Waals surface area contributed by atoms with Crippen LogP contribution in [0.5, 0.6) is 0 Å². The van der Waals surface area contributed by atoms with Gasteiger partial charge in [-0.3, -0.25) is 16.0 Å². The Kier molecular flexibility index (Phi) is 7.13. The Morgan fingerprint density at radius 2 is 2.18 bits per heavy atom. The van der Waals surface area contributed by atoms with E-state index in [0.717, 1.165) is 19.6 Å². The third kappa shape index (κ3) is 4.82. The van der Waals surface area contributed by atoms with Gasteiger partial charge in [0.1, 0.15) is 6.29 Å². The van der Waals surface area contributed by atoms with Crippen molar-refractivity contribution < 1.29 is 4.74 Å². The number of hydrogen-bond acceptors (Lipinski definition) is 6. The number of likely N-dealkylation sites (N-methyl/N-ethyl adjacent to an activating group) is 1. The normalized spacial score (nSPS) is 42.6. The molecule has 4 aliphatic rings. The summed E-state index contributed by atoms with van der Waals surface area (Å²) in [5.41, 5.74) is 1.64. The lowest BCUT2D eigenvalue weighted by Gasteiger charge is -2.43. The molecular formula is C21H38BN5O. The summed E-state index contributed by atoms with van der Waals surface area (Å²) >= 11 is 0. The summed E-state index contributed by atoms with van der Waals surface area (Å²) in [6, 6.07) is 0.854. The monoisotopic (exact) mass is 387 g/mol. The first-order valence-corrected chi connectivity index (χ1v) is 11.3. The molecule has 0 spiro atoms. The second kappa shape index (κ2) is 9.58. The zero-order chi connectivity index (χ0) is 19.5. The Balaban J connectivity index is 1.43. The van der Waals surface area contributed by atoms with E-state index in [4.69, 9.17) is 12.6 Å². The number of rotatable bonds is 5. The van der Waals surface area contributed by atoms with Crippen LogP contribution in [0.15, 0.2) is 11.6 Å². The Morgan fingerprint density at radius 3 is 3.00 bits per heavy atom. The fourth-order valence-electron chi connectivity index (χ4n) is 5.71. The molecule has 1 aliphatic carbocycles. The van der Waals surface area contributed by atoms with Crippen LogP contribution in [0, 0.1) is 11.8 Å². The minimum absolute atomic E-state index is 0.110. The molecule has 1 saturated carbocycles. The zero-order valence-electron chi connectivity index (χ0n) is 17.6. The van der Waals surface area contributed by atoms with Crippen LogP contribution in [0.1, 0.15) is 38.5 Å². The molecule has 4 rings (SSSR count). The molecule has 3 fully saturated rings. The SMILES string of the molecule is [B]CC1CC(NC)NC(NC2CC3CCOC3C(C3=CCN(C)CCC3)C2)N1. The van der Waals surface area contributed by atoms with Gasteiger partial charge in [-0.1, -0.05) is 18.0 Å². The summed E-state index contributed by atoms with van der Waals surface area (Å²) in [5, 5.41) is 14.5. The van der Waals surface area contributed by atoms with Gasteiger partial charge in [0, 0.05) is 31.2 Å². The highest BCUT2D eigenvalue weighted by atomic mass is 16.5. The Labute approximate surface area is 172 Å². The molecule has 0 aromatic heterocycles. The minimum atomic E-state index is 0.110. The molecule has 2 saturated heterocycles. The van der Waals surface area contributed by atoms with E-state index in [1.54, 1.807) is 5.57 Å². The number of hydrogen-bond donors (Lipinski definition) is 4. The van der Waals surface area contributed by atoms with Gasteiger partial charge in [0.05, 0.1) is 20.1 Å². The van der Waals surface area contributed by atoms with E-state index in [9.17, 15) is 0 Å². The van der Waals surface area contributed by atoms with Crippen LogP contribution in [-0.4, -0.2) is 77.2 Å². The van der Waals surface area contributed by atoms with Gasteiger partial charge < -0.3 is 15.0 Å². The lowest BCUT2D eigenvalue weighted by molar-refractivity contribution is 0.0177. The van der Waals surface area contributed by atoms with Crippen molar-refractivity contribution in [3.8, 4) is 0 Å². The maximum absolute atomic E-state index is 6.26. The molecule has 7 unspecified atom stereocenters. The Morgan fingerprint density at radius 1 is 1.29 bits per heavy atom. The summed E-state index contributed by atoms with van der Waals surface area (Å²) in [6.07, 6.45) is 11.1. The van der Waals surface area contributed by atoms with E-state index >= 15 is 0 Å². The topological polar surface area (TPSA) is 60.6 Å². The van der Waals surface area contributed by atoms with E-state index in [2.05, 4.69) is 39.3 Å². The Hall–Kier alpha value is -0.435. The van der Waals surface area contributed by atoms with Crippen LogP contribution in [0.3, 0.4) is 0 Å². The van der Waals surface area contributed by atoms with Gasteiger partial charge in [-0.25, -0.2) is 0 Å². The van der Waals surface area contributed by atoms with E-state index < -0.39 is 0 Å². The van der Waals surface area contributed by atoms with Crippen molar-refractivity contribution in [1.29, 1.82) is 0 Å². The molecular weight excluding hydrogens is 349 g/mol. The molecule has 3 aliphatic heterocycles. The molecule has 0 amide bonds. The van der Waals surface area contributed by atoms with Crippen molar-refractivity contribution >= 4 is 7.85 Å². The number of nitrogens with one attached hydrogen (secondary N) is 4. The largest absolute Gasteiger partial charge is 0.377 e. The minimum Gasteiger partial charge on any atom is -0.377 e. The fourth-order valence-corrected chi connectivity index (χ4v) is 5.71. The average Bonchev–Trinajstić information content (AvgIpc) is 3.07. The van der Waals surface area contributed by atoms with Crippen molar-refractivity contribution in [2.24, 2.45) is 11.8 Å². The van der Waals surface area contributed by atoms with Crippen LogP contribution < -0.4 is 21.3 Å². The first-order valence-electron chi connectivity index (χ1n) is 11.3. The van der Waals surface area contributed by atoms with Gasteiger partial charge in [-0.05, 0) is 65.1 Å². The third-order valence-electron chi connectivity index (χ3n) is 7.26. The second-order valence-electron chi connectivity index (χ2n) is 9.25. The fraction of sp³-hybridized carbons (Fsp3) is 0.905. The maximum Gasteiger partial charge on any atom is 0.113 e. The third-order valence-corrected chi connectivity index (χ3v) is 7.26. The molecule has 4 N–H and O–H groups in total. The van der Waals surface area contributed by atoms with E-state index in [0.29, 0.717) is 42.5 Å². The van der Waals surface area contributed by atoms with Crippen molar-refractivity contribution in [3.63, 3.8) is 0 Å². The van der Waals surface area contributed by atoms with Crippen LogP contribution in [0.2, 0.25) is 6.32 Å². The van der Waals surface area contributed by atoms with Crippen molar-refractivity contribution in [2.45, 2.75) is 75.5 Å². The van der Waals surface area contributed by atoms with Crippen molar-refractivity contribution in [3.05, 3.63) is 11.6 Å². The zero-order valence-corrected chi connectivity index (χ0v) is 17.6. The van der Waals surface area contributed by atoms with Gasteiger partial charge >= 0.3 is 0 Å². The van der Waals surface area contributed by atoms with E-state index in [1.807, 2.05) is 7.05 Å². The van der Waals surface area contributed by atoms with Crippen LogP contribution in [-0.2, 0) is 4.74 Å². The molecule has 28 heavy (non-hydrogen) atoms. The van der Waals surface area contributed by atoms with Gasteiger partial charge in [-0.2, -0.15) is 0 Å². The summed E-state index contributed by atoms with van der Waals surface area (Å²) in [6.45, 7) is 3.21. The highest BCUT2D eigenvalue weighted by Gasteiger charge is 2.43. The first kappa shape index (κ1) is 20.8. The molecule has 0 aromatic carbocycles. The quantitative estimate of drug-likeness (QED) is 0.413. The van der Waals surface area contributed by atoms with Crippen LogP contribution in [0.4, 0.5) is 0 Å². The summed E-state index contributed by atoms with van der Waals surface area (Å²) in [5.74, 6) is 1.26. The van der Waals surface area contributed by atoms with Crippen molar-refractivity contribution in [2.75, 3.05) is 33.8 Å². The molecule has 6 nitrogen and oxygen atoms in total. The second-order valence-corrected chi connectivity index (χ2v) is 9.25. The average molecular weight is 387 g/mol. The standard InChI is InChI=1S/C21H38BN5O/c1-23-19-12-17(13-22)25-21(26-19)24-16-10-15-6-9-28-20(15)18(11-16)14-4-3-7-27(2)8-5-14/h5,15-21,23-26H,3-4,6-13H2,1-2H3. The first-order chi connectivity index (χ1) is 13.7. The van der Waals surface area contributed by atoms with Crippen LogP contribution in [0.25, 0.3) is 0 Å². The van der Waals surface area contributed by atoms with Gasteiger partial charge in [0.15, 0.2) is 0 Å². The van der Waals surface area contributed by atoms with Gasteiger partial charge in [0.25, 0.3) is 0 Å².